The first-order valence-electron chi connectivity index (χ1n) is 6.16. The van der Waals surface area contributed by atoms with Crippen LogP contribution in [-0.4, -0.2) is 9.55 Å². The van der Waals surface area contributed by atoms with Crippen LogP contribution in [0, 0.1) is 6.92 Å². The maximum atomic E-state index is 12.5. The Bertz CT molecular complexity index is 776. The predicted molar refractivity (Wildman–Crippen MR) is 76.4 cm³/mol. The van der Waals surface area contributed by atoms with Gasteiger partial charge in [0.15, 0.2) is 0 Å². The monoisotopic (exact) mass is 249 g/mol. The summed E-state index contributed by atoms with van der Waals surface area (Å²) in [5.41, 5.74) is 2.86. The fourth-order valence-corrected chi connectivity index (χ4v) is 2.18. The van der Waals surface area contributed by atoms with Gasteiger partial charge in [-0.1, -0.05) is 30.3 Å². The summed E-state index contributed by atoms with van der Waals surface area (Å²) < 4.78 is 1.70. The maximum Gasteiger partial charge on any atom is 0.277 e. The molecule has 0 N–H and O–H groups in total. The number of rotatable bonds is 2. The van der Waals surface area contributed by atoms with E-state index >= 15 is 0 Å². The van der Waals surface area contributed by atoms with Crippen LogP contribution in [0.4, 0.5) is 0 Å². The summed E-state index contributed by atoms with van der Waals surface area (Å²) in [6, 6.07) is 17.2. The number of nitrogens with zero attached hydrogens (tertiary/aromatic N) is 2. The minimum Gasteiger partial charge on any atom is -0.274 e. The number of fused-ring (bicyclic) bond motifs is 1. The highest BCUT2D eigenvalue weighted by atomic mass is 16.1. The summed E-state index contributed by atoms with van der Waals surface area (Å²) in [4.78, 5) is 16.9. The molecule has 3 heteroatoms. The molecule has 0 saturated carbocycles. The molecule has 1 aromatic heterocycles. The lowest BCUT2D eigenvalue weighted by Crippen LogP contribution is -2.24. The van der Waals surface area contributed by atoms with Gasteiger partial charge in [0.2, 0.25) is 0 Å². The summed E-state index contributed by atoms with van der Waals surface area (Å²) in [6.07, 6.45) is 0.385. The van der Waals surface area contributed by atoms with E-state index in [2.05, 4.69) is 11.9 Å². The molecular weight excluding hydrogens is 236 g/mol. The van der Waals surface area contributed by atoms with Crippen molar-refractivity contribution in [2.45, 2.75) is 6.42 Å². The summed E-state index contributed by atoms with van der Waals surface area (Å²) in [7, 11) is 0. The Kier molecular flexibility index (Phi) is 2.88. The lowest BCUT2D eigenvalue weighted by Gasteiger charge is -2.11. The van der Waals surface area contributed by atoms with Gasteiger partial charge in [-0.3, -0.25) is 9.36 Å². The fraction of sp³-hybridized carbons (Fsp3) is 0.0625. The maximum absolute atomic E-state index is 12.5. The van der Waals surface area contributed by atoms with Gasteiger partial charge in [0.1, 0.15) is 5.69 Å². The Labute approximate surface area is 111 Å². The van der Waals surface area contributed by atoms with Gasteiger partial charge in [0.25, 0.3) is 5.56 Å². The van der Waals surface area contributed by atoms with Gasteiger partial charge < -0.3 is 0 Å². The normalized spacial score (nSPS) is 10.8. The lowest BCUT2D eigenvalue weighted by atomic mass is 10.2. The average molecular weight is 249 g/mol. The number of para-hydroxylation sites is 3. The third-order valence-corrected chi connectivity index (χ3v) is 3.08. The van der Waals surface area contributed by atoms with Crippen molar-refractivity contribution in [3.05, 3.63) is 77.6 Å². The number of aromatic nitrogens is 2. The standard InChI is InChI=1S/C16H13N2O/c1-2-13-16(19)18(12-8-4-3-5-9-12)15-11-7-6-10-14(15)17-13/h3-11H,1-2H2. The zero-order valence-electron chi connectivity index (χ0n) is 10.4. The molecule has 0 amide bonds. The van der Waals surface area contributed by atoms with E-state index in [9.17, 15) is 4.79 Å². The van der Waals surface area contributed by atoms with Gasteiger partial charge in [-0.15, -0.1) is 0 Å². The number of hydrogen-bond acceptors (Lipinski definition) is 2. The van der Waals surface area contributed by atoms with Crippen LogP contribution in [0.2, 0.25) is 0 Å². The van der Waals surface area contributed by atoms with Crippen LogP contribution in [0.25, 0.3) is 16.7 Å². The van der Waals surface area contributed by atoms with Crippen LogP contribution >= 0.6 is 0 Å². The molecule has 0 aliphatic heterocycles. The Balaban J connectivity index is 2.45. The second-order valence-electron chi connectivity index (χ2n) is 4.27. The van der Waals surface area contributed by atoms with Crippen LogP contribution in [0.1, 0.15) is 5.69 Å². The van der Waals surface area contributed by atoms with Crippen molar-refractivity contribution in [3.8, 4) is 5.69 Å². The first kappa shape index (κ1) is 11.7. The molecule has 0 fully saturated rings. The molecule has 0 aliphatic rings. The van der Waals surface area contributed by atoms with Gasteiger partial charge >= 0.3 is 0 Å². The minimum atomic E-state index is -0.0973. The highest BCUT2D eigenvalue weighted by Crippen LogP contribution is 2.15. The second kappa shape index (κ2) is 4.69. The van der Waals surface area contributed by atoms with Crippen molar-refractivity contribution in [2.24, 2.45) is 0 Å². The summed E-state index contributed by atoms with van der Waals surface area (Å²) in [6.45, 7) is 3.78. The van der Waals surface area contributed by atoms with E-state index in [1.807, 2.05) is 54.6 Å². The van der Waals surface area contributed by atoms with E-state index in [4.69, 9.17) is 0 Å². The predicted octanol–water partition coefficient (Wildman–Crippen LogP) is 2.76. The fourth-order valence-electron chi connectivity index (χ4n) is 2.18. The van der Waals surface area contributed by atoms with Crippen LogP contribution < -0.4 is 5.56 Å². The van der Waals surface area contributed by atoms with E-state index in [1.54, 1.807) is 4.57 Å². The molecule has 3 nitrogen and oxygen atoms in total. The van der Waals surface area contributed by atoms with Gasteiger partial charge in [0.05, 0.1) is 11.0 Å². The quantitative estimate of drug-likeness (QED) is 0.700. The van der Waals surface area contributed by atoms with Crippen LogP contribution in [0.5, 0.6) is 0 Å². The van der Waals surface area contributed by atoms with E-state index in [1.165, 1.54) is 0 Å². The van der Waals surface area contributed by atoms with Crippen molar-refractivity contribution in [1.82, 2.24) is 9.55 Å². The summed E-state index contributed by atoms with van der Waals surface area (Å²) in [5, 5.41) is 0. The van der Waals surface area contributed by atoms with Crippen molar-refractivity contribution in [3.63, 3.8) is 0 Å². The second-order valence-corrected chi connectivity index (χ2v) is 4.27. The van der Waals surface area contributed by atoms with Crippen molar-refractivity contribution >= 4 is 11.0 Å². The van der Waals surface area contributed by atoms with E-state index in [-0.39, 0.29) is 5.56 Å². The molecule has 0 unspecified atom stereocenters. The largest absolute Gasteiger partial charge is 0.277 e. The molecule has 0 saturated heterocycles. The zero-order valence-corrected chi connectivity index (χ0v) is 10.4. The molecule has 0 bridgehead atoms. The van der Waals surface area contributed by atoms with Gasteiger partial charge in [-0.2, -0.15) is 0 Å². The topological polar surface area (TPSA) is 34.9 Å². The third-order valence-electron chi connectivity index (χ3n) is 3.08. The molecule has 2 aromatic carbocycles. The minimum absolute atomic E-state index is 0.0973. The first-order chi connectivity index (χ1) is 9.31. The highest BCUT2D eigenvalue weighted by Gasteiger charge is 2.10. The van der Waals surface area contributed by atoms with Crippen molar-refractivity contribution in [2.75, 3.05) is 0 Å². The first-order valence-corrected chi connectivity index (χ1v) is 6.16. The zero-order chi connectivity index (χ0) is 13.2. The van der Waals surface area contributed by atoms with Gasteiger partial charge in [-0.05, 0) is 37.6 Å². The molecule has 3 aromatic rings. The van der Waals surface area contributed by atoms with Gasteiger partial charge in [-0.25, -0.2) is 4.98 Å². The van der Waals surface area contributed by atoms with Crippen LogP contribution in [0.3, 0.4) is 0 Å². The molecule has 0 atom stereocenters. The molecule has 1 radical (unpaired) electrons. The van der Waals surface area contributed by atoms with E-state index in [0.29, 0.717) is 12.1 Å². The summed E-state index contributed by atoms with van der Waals surface area (Å²) >= 11 is 0. The van der Waals surface area contributed by atoms with Crippen molar-refractivity contribution < 1.29 is 0 Å². The molecule has 93 valence electrons. The van der Waals surface area contributed by atoms with Crippen molar-refractivity contribution in [1.29, 1.82) is 0 Å². The van der Waals surface area contributed by atoms with Gasteiger partial charge in [0, 0.05) is 5.69 Å². The highest BCUT2D eigenvalue weighted by molar-refractivity contribution is 5.76. The number of hydrogen-bond donors (Lipinski definition) is 0. The molecule has 0 aliphatic carbocycles. The Morgan fingerprint density at radius 2 is 1.68 bits per heavy atom. The number of benzene rings is 2. The SMILES string of the molecule is [CH2]Cc1nc2ccccc2n(-c2ccccc2)c1=O. The van der Waals surface area contributed by atoms with E-state index < -0.39 is 0 Å². The molecular formula is C16H13N2O. The Morgan fingerprint density at radius 1 is 1.00 bits per heavy atom. The lowest BCUT2D eigenvalue weighted by molar-refractivity contribution is 0.953. The molecule has 3 rings (SSSR count). The smallest absolute Gasteiger partial charge is 0.274 e. The van der Waals surface area contributed by atoms with E-state index in [0.717, 1.165) is 16.7 Å². The Morgan fingerprint density at radius 3 is 2.42 bits per heavy atom. The molecule has 0 spiro atoms. The van der Waals surface area contributed by atoms with Crippen LogP contribution in [-0.2, 0) is 6.42 Å². The van der Waals surface area contributed by atoms with Crippen LogP contribution in [0.15, 0.2) is 59.4 Å². The molecule has 19 heavy (non-hydrogen) atoms. The molecule has 1 heterocycles. The summed E-state index contributed by atoms with van der Waals surface area (Å²) in [5.74, 6) is 0. The average Bonchev–Trinajstić information content (AvgIpc) is 2.47. The Hall–Kier alpha value is -2.42. The third kappa shape index (κ3) is 1.93.